The number of aliphatic hydroxyl groups excluding tert-OH is 1. The van der Waals surface area contributed by atoms with E-state index in [2.05, 4.69) is 39.7 Å². The Morgan fingerprint density at radius 1 is 1.29 bits per heavy atom. The summed E-state index contributed by atoms with van der Waals surface area (Å²) in [6, 6.07) is 0. The fourth-order valence-electron chi connectivity index (χ4n) is 3.43. The standard InChI is InChI=1S/C17H26N2OS/c1-14(2)17(20)21(19-10-9-18-13-19)11-8-16(12-21)15-6-4-3-5-7-15/h8-15,17,20H,3-7H2,1-2H3. The fraction of sp³-hybridized carbons (Fsp3) is 0.588. The Bertz CT molecular complexity index is 529. The van der Waals surface area contributed by atoms with Crippen molar-refractivity contribution in [3.8, 4) is 0 Å². The molecule has 3 nitrogen and oxygen atoms in total. The lowest BCUT2D eigenvalue weighted by atomic mass is 9.84. The van der Waals surface area contributed by atoms with Crippen LogP contribution in [0.25, 0.3) is 0 Å². The lowest BCUT2D eigenvalue weighted by Gasteiger charge is -2.40. The van der Waals surface area contributed by atoms with Crippen molar-refractivity contribution < 1.29 is 5.11 Å². The summed E-state index contributed by atoms with van der Waals surface area (Å²) < 4.78 is 2.13. The van der Waals surface area contributed by atoms with Gasteiger partial charge in [-0.1, -0.05) is 49.4 Å². The summed E-state index contributed by atoms with van der Waals surface area (Å²) in [7, 11) is -1.51. The first-order valence-corrected chi connectivity index (χ1v) is 9.80. The van der Waals surface area contributed by atoms with E-state index in [9.17, 15) is 5.11 Å². The summed E-state index contributed by atoms with van der Waals surface area (Å²) in [6.45, 7) is 4.19. The van der Waals surface area contributed by atoms with Gasteiger partial charge in [0.25, 0.3) is 0 Å². The quantitative estimate of drug-likeness (QED) is 0.894. The van der Waals surface area contributed by atoms with E-state index in [1.165, 1.54) is 37.7 Å². The smallest absolute Gasteiger partial charge is 0.109 e. The average Bonchev–Trinajstić information content (AvgIpc) is 3.17. The molecule has 1 fully saturated rings. The largest absolute Gasteiger partial charge is 0.381 e. The number of rotatable bonds is 4. The van der Waals surface area contributed by atoms with Crippen molar-refractivity contribution in [3.63, 3.8) is 0 Å². The zero-order valence-corrected chi connectivity index (χ0v) is 13.8. The number of hydrogen-bond donors (Lipinski definition) is 1. The van der Waals surface area contributed by atoms with Gasteiger partial charge in [0.1, 0.15) is 11.8 Å². The first-order chi connectivity index (χ1) is 10.1. The van der Waals surface area contributed by atoms with Gasteiger partial charge < -0.3 is 5.11 Å². The van der Waals surface area contributed by atoms with Crippen LogP contribution in [0.2, 0.25) is 0 Å². The van der Waals surface area contributed by atoms with Gasteiger partial charge in [-0.2, -0.15) is 0 Å². The van der Waals surface area contributed by atoms with Crippen molar-refractivity contribution in [1.82, 2.24) is 8.96 Å². The van der Waals surface area contributed by atoms with Crippen LogP contribution < -0.4 is 0 Å². The second-order valence-electron chi connectivity index (χ2n) is 6.54. The summed E-state index contributed by atoms with van der Waals surface area (Å²) in [5.74, 6) is 0.918. The van der Waals surface area contributed by atoms with Gasteiger partial charge in [-0.25, -0.2) is 4.98 Å². The second-order valence-corrected chi connectivity index (χ2v) is 9.40. The number of imidazole rings is 1. The maximum Gasteiger partial charge on any atom is 0.109 e. The van der Waals surface area contributed by atoms with E-state index < -0.39 is 10.2 Å². The van der Waals surface area contributed by atoms with Gasteiger partial charge in [-0.05, 0) is 41.1 Å². The van der Waals surface area contributed by atoms with E-state index in [0.717, 1.165) is 0 Å². The van der Waals surface area contributed by atoms with Crippen LogP contribution in [-0.2, 0) is 0 Å². The van der Waals surface area contributed by atoms with Gasteiger partial charge in [0.15, 0.2) is 0 Å². The summed E-state index contributed by atoms with van der Waals surface area (Å²) >= 11 is 0. The Hall–Kier alpha value is -1.00. The third kappa shape index (κ3) is 2.71. The van der Waals surface area contributed by atoms with Crippen LogP contribution in [0.3, 0.4) is 0 Å². The zero-order valence-electron chi connectivity index (χ0n) is 13.0. The Kier molecular flexibility index (Phi) is 4.27. The molecule has 3 rings (SSSR count). The molecule has 4 heteroatoms. The highest BCUT2D eigenvalue weighted by Gasteiger charge is 2.36. The molecule has 2 aliphatic rings. The van der Waals surface area contributed by atoms with Crippen LogP contribution in [0.5, 0.6) is 0 Å². The molecule has 0 amide bonds. The minimum Gasteiger partial charge on any atom is -0.381 e. The van der Waals surface area contributed by atoms with Crippen LogP contribution in [0, 0.1) is 11.8 Å². The molecule has 0 bridgehead atoms. The van der Waals surface area contributed by atoms with E-state index in [0.29, 0.717) is 5.92 Å². The highest BCUT2D eigenvalue weighted by Crippen LogP contribution is 2.62. The Balaban J connectivity index is 1.95. The molecule has 1 aromatic rings. The van der Waals surface area contributed by atoms with Crippen LogP contribution in [0.1, 0.15) is 46.0 Å². The number of nitrogens with zero attached hydrogens (tertiary/aromatic N) is 2. The number of allylic oxidation sites excluding steroid dienone is 2. The van der Waals surface area contributed by atoms with E-state index in [4.69, 9.17) is 0 Å². The van der Waals surface area contributed by atoms with Crippen molar-refractivity contribution in [3.05, 3.63) is 41.2 Å². The monoisotopic (exact) mass is 306 g/mol. The van der Waals surface area contributed by atoms with Gasteiger partial charge in [0.05, 0.1) is 0 Å². The molecule has 1 N–H and O–H groups in total. The molecule has 0 spiro atoms. The second kappa shape index (κ2) is 6.01. The summed E-state index contributed by atoms with van der Waals surface area (Å²) in [5.41, 5.74) is 1.09. The van der Waals surface area contributed by atoms with Crippen LogP contribution >= 0.6 is 10.2 Å². The molecule has 1 aliphatic carbocycles. The van der Waals surface area contributed by atoms with E-state index in [1.54, 1.807) is 0 Å². The van der Waals surface area contributed by atoms with E-state index in [-0.39, 0.29) is 11.4 Å². The third-order valence-electron chi connectivity index (χ3n) is 4.68. The molecule has 0 aromatic carbocycles. The van der Waals surface area contributed by atoms with E-state index in [1.807, 2.05) is 18.7 Å². The molecule has 1 saturated carbocycles. The molecule has 116 valence electrons. The molecule has 21 heavy (non-hydrogen) atoms. The molecular weight excluding hydrogens is 280 g/mol. The van der Waals surface area contributed by atoms with Crippen LogP contribution in [-0.4, -0.2) is 19.5 Å². The van der Waals surface area contributed by atoms with Crippen LogP contribution in [0.15, 0.2) is 41.2 Å². The number of aromatic nitrogens is 2. The van der Waals surface area contributed by atoms with Crippen molar-refractivity contribution in [2.75, 3.05) is 0 Å². The topological polar surface area (TPSA) is 38.0 Å². The van der Waals surface area contributed by atoms with Crippen molar-refractivity contribution in [1.29, 1.82) is 0 Å². The molecule has 1 aromatic heterocycles. The molecular formula is C17H26N2OS. The number of hydrogen-bond acceptors (Lipinski definition) is 2. The Labute approximate surface area is 129 Å². The number of aliphatic hydroxyl groups is 1. The first-order valence-electron chi connectivity index (χ1n) is 8.02. The molecule has 2 heterocycles. The lowest BCUT2D eigenvalue weighted by molar-refractivity contribution is 0.208. The molecule has 1 aliphatic heterocycles. The summed E-state index contributed by atoms with van der Waals surface area (Å²) in [5, 5.41) is 15.5. The Morgan fingerprint density at radius 3 is 2.67 bits per heavy atom. The van der Waals surface area contributed by atoms with Crippen molar-refractivity contribution >= 4 is 10.2 Å². The van der Waals surface area contributed by atoms with Crippen molar-refractivity contribution in [2.24, 2.45) is 11.8 Å². The highest BCUT2D eigenvalue weighted by molar-refractivity contribution is 8.37. The lowest BCUT2D eigenvalue weighted by Crippen LogP contribution is -2.24. The maximum absolute atomic E-state index is 10.9. The highest BCUT2D eigenvalue weighted by atomic mass is 32.3. The third-order valence-corrected chi connectivity index (χ3v) is 8.17. The van der Waals surface area contributed by atoms with Crippen molar-refractivity contribution in [2.45, 2.75) is 51.4 Å². The molecule has 0 radical (unpaired) electrons. The van der Waals surface area contributed by atoms with Gasteiger partial charge in [-0.3, -0.25) is 3.97 Å². The SMILES string of the molecule is CC(C)C(O)S1(n2ccnc2)C=CC(C2CCCCC2)=C1. The van der Waals surface area contributed by atoms with Crippen LogP contribution in [0.4, 0.5) is 0 Å². The van der Waals surface area contributed by atoms with Gasteiger partial charge >= 0.3 is 0 Å². The summed E-state index contributed by atoms with van der Waals surface area (Å²) in [4.78, 5) is 4.20. The van der Waals surface area contributed by atoms with E-state index >= 15 is 0 Å². The Morgan fingerprint density at radius 2 is 2.05 bits per heavy atom. The van der Waals surface area contributed by atoms with Gasteiger partial charge in [-0.15, -0.1) is 0 Å². The normalized spacial score (nSPS) is 31.1. The predicted octanol–water partition coefficient (Wildman–Crippen LogP) is 4.42. The minimum atomic E-state index is -1.51. The van der Waals surface area contributed by atoms with Gasteiger partial charge in [0.2, 0.25) is 0 Å². The van der Waals surface area contributed by atoms with Gasteiger partial charge in [0, 0.05) is 12.4 Å². The maximum atomic E-state index is 10.9. The molecule has 0 saturated heterocycles. The zero-order chi connectivity index (χ0) is 14.9. The average molecular weight is 306 g/mol. The molecule has 2 atom stereocenters. The first kappa shape index (κ1) is 14.9. The fourth-order valence-corrected chi connectivity index (χ4v) is 6.76. The summed E-state index contributed by atoms with van der Waals surface area (Å²) in [6.07, 6.45) is 14.6. The minimum absolute atomic E-state index is 0.231. The molecule has 2 unspecified atom stereocenters. The predicted molar refractivity (Wildman–Crippen MR) is 89.9 cm³/mol.